The monoisotopic (exact) mass is 264 g/mol. The summed E-state index contributed by atoms with van der Waals surface area (Å²) < 4.78 is 11.2. The number of nitrogens with zero attached hydrogens (tertiary/aromatic N) is 2. The van der Waals surface area contributed by atoms with Gasteiger partial charge in [0.05, 0.1) is 6.61 Å². The van der Waals surface area contributed by atoms with Crippen LogP contribution in [0.2, 0.25) is 0 Å². The van der Waals surface area contributed by atoms with E-state index >= 15 is 0 Å². The van der Waals surface area contributed by atoms with E-state index in [4.69, 9.17) is 9.47 Å². The number of amides is 1. The van der Waals surface area contributed by atoms with Gasteiger partial charge in [-0.05, 0) is 19.9 Å². The van der Waals surface area contributed by atoms with Gasteiger partial charge in [0.15, 0.2) is 6.23 Å². The van der Waals surface area contributed by atoms with Crippen molar-refractivity contribution in [3.05, 3.63) is 36.3 Å². The number of rotatable bonds is 4. The molecule has 0 aromatic carbocycles. The van der Waals surface area contributed by atoms with Crippen LogP contribution >= 0.6 is 0 Å². The fourth-order valence-corrected chi connectivity index (χ4v) is 2.09. The van der Waals surface area contributed by atoms with Gasteiger partial charge in [0, 0.05) is 25.4 Å². The normalized spacial score (nSPS) is 27.2. The van der Waals surface area contributed by atoms with Crippen LogP contribution in [-0.2, 0) is 14.3 Å². The first-order valence-corrected chi connectivity index (χ1v) is 6.39. The maximum absolute atomic E-state index is 11.8. The van der Waals surface area contributed by atoms with E-state index in [2.05, 4.69) is 6.58 Å². The molecule has 5 heteroatoms. The summed E-state index contributed by atoms with van der Waals surface area (Å²) in [6, 6.07) is 0. The summed E-state index contributed by atoms with van der Waals surface area (Å²) in [7, 11) is 1.71. The zero-order chi connectivity index (χ0) is 14.0. The van der Waals surface area contributed by atoms with Gasteiger partial charge >= 0.3 is 0 Å². The Hall–Kier alpha value is -1.59. The molecule has 5 nitrogen and oxygen atoms in total. The molecule has 2 atom stereocenters. The van der Waals surface area contributed by atoms with Crippen molar-refractivity contribution in [3.63, 3.8) is 0 Å². The summed E-state index contributed by atoms with van der Waals surface area (Å²) in [4.78, 5) is 15.2. The SMILES string of the molecule is C=C1N(C)C(=O)C(C)=CN1[C@H]1C=C[C@@H](COCC)O1. The molecule has 0 saturated heterocycles. The quantitative estimate of drug-likeness (QED) is 0.721. The lowest BCUT2D eigenvalue weighted by Crippen LogP contribution is -2.43. The first-order chi connectivity index (χ1) is 9.04. The predicted octanol–water partition coefficient (Wildman–Crippen LogP) is 1.45. The molecular formula is C14H20N2O3. The average Bonchev–Trinajstić information content (AvgIpc) is 2.86. The Morgan fingerprint density at radius 1 is 1.47 bits per heavy atom. The fourth-order valence-electron chi connectivity index (χ4n) is 2.09. The van der Waals surface area contributed by atoms with Crippen LogP contribution < -0.4 is 0 Å². The number of carbonyl (C=O) groups excluding carboxylic acids is 1. The van der Waals surface area contributed by atoms with Crippen molar-refractivity contribution in [2.24, 2.45) is 0 Å². The Morgan fingerprint density at radius 3 is 2.89 bits per heavy atom. The van der Waals surface area contributed by atoms with E-state index < -0.39 is 0 Å². The van der Waals surface area contributed by atoms with E-state index in [-0.39, 0.29) is 18.2 Å². The van der Waals surface area contributed by atoms with Crippen LogP contribution in [0, 0.1) is 0 Å². The minimum Gasteiger partial charge on any atom is -0.379 e. The molecular weight excluding hydrogens is 244 g/mol. The third-order valence-electron chi connectivity index (χ3n) is 3.22. The van der Waals surface area contributed by atoms with Gasteiger partial charge in [-0.1, -0.05) is 12.7 Å². The van der Waals surface area contributed by atoms with Gasteiger partial charge in [0.1, 0.15) is 11.9 Å². The summed E-state index contributed by atoms with van der Waals surface area (Å²) in [5.41, 5.74) is 0.667. The molecule has 104 valence electrons. The van der Waals surface area contributed by atoms with Gasteiger partial charge in [-0.25, -0.2) is 0 Å². The minimum atomic E-state index is -0.233. The first kappa shape index (κ1) is 13.8. The smallest absolute Gasteiger partial charge is 0.256 e. The van der Waals surface area contributed by atoms with E-state index in [9.17, 15) is 4.79 Å². The standard InChI is InChI=1S/C14H20N2O3/c1-5-18-9-12-6-7-13(19-12)16-8-10(2)14(17)15(4)11(16)3/h6-8,12-13H,3,5,9H2,1-2,4H3/t12-,13+/m0/s1. The molecule has 19 heavy (non-hydrogen) atoms. The van der Waals surface area contributed by atoms with Crippen LogP contribution in [0.15, 0.2) is 36.3 Å². The van der Waals surface area contributed by atoms with E-state index in [0.717, 1.165) is 0 Å². The van der Waals surface area contributed by atoms with Crippen molar-refractivity contribution in [3.8, 4) is 0 Å². The topological polar surface area (TPSA) is 42.0 Å². The molecule has 0 unspecified atom stereocenters. The number of hydrogen-bond acceptors (Lipinski definition) is 4. The van der Waals surface area contributed by atoms with Crippen molar-refractivity contribution in [1.82, 2.24) is 9.80 Å². The van der Waals surface area contributed by atoms with Crippen LogP contribution in [0.3, 0.4) is 0 Å². The molecule has 0 spiro atoms. The van der Waals surface area contributed by atoms with Gasteiger partial charge in [-0.15, -0.1) is 0 Å². The second-order valence-corrected chi connectivity index (χ2v) is 4.61. The third kappa shape index (κ3) is 2.72. The van der Waals surface area contributed by atoms with Crippen LogP contribution in [0.5, 0.6) is 0 Å². The molecule has 0 aromatic rings. The van der Waals surface area contributed by atoms with Crippen molar-refractivity contribution < 1.29 is 14.3 Å². The Kier molecular flexibility index (Phi) is 4.07. The Labute approximate surface area is 113 Å². The van der Waals surface area contributed by atoms with Crippen molar-refractivity contribution in [2.75, 3.05) is 20.3 Å². The van der Waals surface area contributed by atoms with Gasteiger partial charge in [0.25, 0.3) is 5.91 Å². The molecule has 0 aromatic heterocycles. The Balaban J connectivity index is 2.05. The molecule has 0 saturated carbocycles. The highest BCUT2D eigenvalue weighted by molar-refractivity contribution is 5.94. The predicted molar refractivity (Wildman–Crippen MR) is 71.8 cm³/mol. The summed E-state index contributed by atoms with van der Waals surface area (Å²) in [5, 5.41) is 0. The van der Waals surface area contributed by atoms with Gasteiger partial charge in [-0.3, -0.25) is 9.69 Å². The molecule has 2 aliphatic rings. The van der Waals surface area contributed by atoms with Crippen molar-refractivity contribution in [2.45, 2.75) is 26.2 Å². The molecule has 1 amide bonds. The van der Waals surface area contributed by atoms with E-state index in [1.165, 1.54) is 4.90 Å². The van der Waals surface area contributed by atoms with E-state index in [1.54, 1.807) is 20.2 Å². The van der Waals surface area contributed by atoms with Crippen LogP contribution in [0.1, 0.15) is 13.8 Å². The molecule has 0 N–H and O–H groups in total. The highest BCUT2D eigenvalue weighted by Crippen LogP contribution is 2.26. The molecule has 0 bridgehead atoms. The van der Waals surface area contributed by atoms with Gasteiger partial charge < -0.3 is 14.4 Å². The molecule has 0 fully saturated rings. The summed E-state index contributed by atoms with van der Waals surface area (Å²) >= 11 is 0. The number of carbonyl (C=O) groups is 1. The molecule has 0 radical (unpaired) electrons. The first-order valence-electron chi connectivity index (χ1n) is 6.39. The zero-order valence-corrected chi connectivity index (χ0v) is 11.6. The van der Waals surface area contributed by atoms with Crippen LogP contribution in [0.4, 0.5) is 0 Å². The zero-order valence-electron chi connectivity index (χ0n) is 11.6. The highest BCUT2D eigenvalue weighted by atomic mass is 16.5. The van der Waals surface area contributed by atoms with E-state index in [1.807, 2.05) is 24.0 Å². The second-order valence-electron chi connectivity index (χ2n) is 4.61. The molecule has 2 heterocycles. The van der Waals surface area contributed by atoms with Crippen molar-refractivity contribution in [1.29, 1.82) is 0 Å². The number of ether oxygens (including phenoxy) is 2. The van der Waals surface area contributed by atoms with Crippen LogP contribution in [-0.4, -0.2) is 48.3 Å². The largest absolute Gasteiger partial charge is 0.379 e. The van der Waals surface area contributed by atoms with E-state index in [0.29, 0.717) is 24.6 Å². The maximum atomic E-state index is 11.8. The Morgan fingerprint density at radius 2 is 2.21 bits per heavy atom. The second kappa shape index (κ2) is 5.59. The lowest BCUT2D eigenvalue weighted by atomic mass is 10.2. The average molecular weight is 264 g/mol. The molecule has 0 aliphatic carbocycles. The highest BCUT2D eigenvalue weighted by Gasteiger charge is 2.31. The summed E-state index contributed by atoms with van der Waals surface area (Å²) in [5.74, 6) is 0.580. The molecule has 2 aliphatic heterocycles. The Bertz CT molecular complexity index is 442. The lowest BCUT2D eigenvalue weighted by Gasteiger charge is -2.37. The van der Waals surface area contributed by atoms with Gasteiger partial charge in [0.2, 0.25) is 0 Å². The summed E-state index contributed by atoms with van der Waals surface area (Å²) in [6.07, 6.45) is 5.44. The fraction of sp³-hybridized carbons (Fsp3) is 0.500. The van der Waals surface area contributed by atoms with Gasteiger partial charge in [-0.2, -0.15) is 0 Å². The minimum absolute atomic E-state index is 0.0332. The number of hydrogen-bond donors (Lipinski definition) is 0. The summed E-state index contributed by atoms with van der Waals surface area (Å²) in [6.45, 7) is 8.89. The third-order valence-corrected chi connectivity index (χ3v) is 3.22. The van der Waals surface area contributed by atoms with Crippen LogP contribution in [0.25, 0.3) is 0 Å². The molecule has 2 rings (SSSR count). The van der Waals surface area contributed by atoms with Crippen molar-refractivity contribution >= 4 is 5.91 Å². The maximum Gasteiger partial charge on any atom is 0.256 e. The lowest BCUT2D eigenvalue weighted by molar-refractivity contribution is -0.127. The number of likely N-dealkylation sites (N-methyl/N-ethyl adjacent to an activating group) is 1.